The van der Waals surface area contributed by atoms with Gasteiger partial charge in [0.2, 0.25) is 0 Å². The fourth-order valence-corrected chi connectivity index (χ4v) is 4.82. The van der Waals surface area contributed by atoms with Crippen molar-refractivity contribution in [2.45, 2.75) is 71.4 Å². The number of rotatable bonds is 8. The van der Waals surface area contributed by atoms with Crippen molar-refractivity contribution in [2.75, 3.05) is 13.2 Å². The molecular formula is C24H33Cl2N5O2. The highest BCUT2D eigenvalue weighted by Crippen LogP contribution is 2.40. The molecule has 7 nitrogen and oxygen atoms in total. The fourth-order valence-electron chi connectivity index (χ4n) is 4.35. The molecule has 9 heteroatoms. The van der Waals surface area contributed by atoms with E-state index in [0.29, 0.717) is 16.7 Å². The van der Waals surface area contributed by atoms with Gasteiger partial charge in [-0.25, -0.2) is 4.68 Å². The maximum absolute atomic E-state index is 12.1. The highest BCUT2D eigenvalue weighted by molar-refractivity contribution is 6.35. The van der Waals surface area contributed by atoms with Crippen LogP contribution >= 0.6 is 23.2 Å². The quantitative estimate of drug-likeness (QED) is 0.482. The lowest BCUT2D eigenvalue weighted by molar-refractivity contribution is -0.142. The summed E-state index contributed by atoms with van der Waals surface area (Å²) >= 11 is 12.4. The summed E-state index contributed by atoms with van der Waals surface area (Å²) in [5.74, 6) is 0.476. The summed E-state index contributed by atoms with van der Waals surface area (Å²) in [6.07, 6.45) is 9.02. The number of benzene rings is 1. The molecule has 0 unspecified atom stereocenters. The summed E-state index contributed by atoms with van der Waals surface area (Å²) in [5, 5.41) is 17.6. The molecule has 2 aromatic rings. The van der Waals surface area contributed by atoms with E-state index in [1.165, 1.54) is 0 Å². The Morgan fingerprint density at radius 2 is 2.00 bits per heavy atom. The van der Waals surface area contributed by atoms with Crippen LogP contribution in [0.25, 0.3) is 6.08 Å². The Kier molecular flexibility index (Phi) is 8.54. The van der Waals surface area contributed by atoms with Gasteiger partial charge in [-0.3, -0.25) is 10.1 Å². The second-order valence-electron chi connectivity index (χ2n) is 9.58. The lowest BCUT2D eigenvalue weighted by atomic mass is 9.79. The number of carbonyl (C=O) groups excluding carboxylic acids is 1. The second kappa shape index (κ2) is 11.0. The molecule has 33 heavy (non-hydrogen) atoms. The van der Waals surface area contributed by atoms with Crippen LogP contribution in [-0.2, 0) is 15.1 Å². The Bertz CT molecular complexity index is 977. The van der Waals surface area contributed by atoms with Gasteiger partial charge in [0.1, 0.15) is 0 Å². The van der Waals surface area contributed by atoms with Crippen LogP contribution in [-0.4, -0.2) is 39.3 Å². The third-order valence-electron chi connectivity index (χ3n) is 6.08. The highest BCUT2D eigenvalue weighted by atomic mass is 35.5. The average Bonchev–Trinajstić information content (AvgIpc) is 3.24. The van der Waals surface area contributed by atoms with E-state index in [9.17, 15) is 4.79 Å². The molecule has 1 aliphatic rings. The van der Waals surface area contributed by atoms with Gasteiger partial charge in [0, 0.05) is 10.0 Å². The van der Waals surface area contributed by atoms with Gasteiger partial charge >= 0.3 is 5.97 Å². The monoisotopic (exact) mass is 493 g/mol. The number of halogens is 2. The molecule has 1 fully saturated rings. The Morgan fingerprint density at radius 1 is 1.27 bits per heavy atom. The number of hydrogen-bond donors (Lipinski definition) is 1. The molecule has 180 valence electrons. The Balaban J connectivity index is 1.97. The molecule has 0 amide bonds. The van der Waals surface area contributed by atoms with Crippen molar-refractivity contribution >= 4 is 35.2 Å². The summed E-state index contributed by atoms with van der Waals surface area (Å²) in [5.41, 5.74) is 0.207. The molecule has 1 aromatic carbocycles. The van der Waals surface area contributed by atoms with Crippen LogP contribution in [0.5, 0.6) is 0 Å². The Labute approximate surface area is 205 Å². The Morgan fingerprint density at radius 3 is 2.64 bits per heavy atom. The first-order chi connectivity index (χ1) is 15.7. The van der Waals surface area contributed by atoms with Crippen LogP contribution in [0.3, 0.4) is 0 Å². The number of aromatic nitrogens is 4. The summed E-state index contributed by atoms with van der Waals surface area (Å²) in [4.78, 5) is 12.1. The number of nitrogens with zero attached hydrogens (tertiary/aromatic N) is 4. The van der Waals surface area contributed by atoms with Crippen LogP contribution in [0.4, 0.5) is 0 Å². The van der Waals surface area contributed by atoms with E-state index in [1.807, 2.05) is 29.8 Å². The van der Waals surface area contributed by atoms with E-state index in [2.05, 4.69) is 47.7 Å². The standard InChI is InChI=1S/C24H33Cl2N5O2/c1-5-33-21(32)16-27-24(13-7-6-8-14-24)22-28-29-30-31(22)20(23(2,3)4)12-10-17-9-11-18(25)15-19(17)26/h9-12,15,20,27H,5-8,13-14,16H2,1-4H3/b12-10+/t20-/m0/s1. The van der Waals surface area contributed by atoms with E-state index in [4.69, 9.17) is 27.9 Å². The largest absolute Gasteiger partial charge is 0.465 e. The molecule has 1 aromatic heterocycles. The van der Waals surface area contributed by atoms with Crippen molar-refractivity contribution in [3.05, 3.63) is 45.7 Å². The zero-order valence-corrected chi connectivity index (χ0v) is 21.3. The fraction of sp³-hybridized carbons (Fsp3) is 0.583. The molecule has 1 N–H and O–H groups in total. The van der Waals surface area contributed by atoms with Gasteiger partial charge in [-0.1, -0.05) is 81.5 Å². The van der Waals surface area contributed by atoms with E-state index in [-0.39, 0.29) is 24.0 Å². The number of ether oxygens (including phenoxy) is 1. The predicted octanol–water partition coefficient (Wildman–Crippen LogP) is 5.59. The SMILES string of the molecule is CCOC(=O)CNC1(c2nnnn2[C@@H](/C=C/c2ccc(Cl)cc2Cl)C(C)(C)C)CCCCC1. The van der Waals surface area contributed by atoms with E-state index in [1.54, 1.807) is 6.07 Å². The van der Waals surface area contributed by atoms with Gasteiger partial charge in [0.05, 0.1) is 24.7 Å². The average molecular weight is 494 g/mol. The summed E-state index contributed by atoms with van der Waals surface area (Å²) in [7, 11) is 0. The molecule has 1 heterocycles. The minimum Gasteiger partial charge on any atom is -0.465 e. The molecule has 1 saturated carbocycles. The maximum Gasteiger partial charge on any atom is 0.319 e. The first-order valence-corrected chi connectivity index (χ1v) is 12.2. The zero-order chi connectivity index (χ0) is 24.1. The molecule has 0 bridgehead atoms. The second-order valence-corrected chi connectivity index (χ2v) is 10.4. The minimum absolute atomic E-state index is 0.122. The van der Waals surface area contributed by atoms with Gasteiger partial charge in [0.15, 0.2) is 5.82 Å². The van der Waals surface area contributed by atoms with Crippen molar-refractivity contribution in [1.82, 2.24) is 25.5 Å². The highest BCUT2D eigenvalue weighted by Gasteiger charge is 2.41. The van der Waals surface area contributed by atoms with E-state index in [0.717, 1.165) is 43.5 Å². The molecule has 0 radical (unpaired) electrons. The van der Waals surface area contributed by atoms with Crippen LogP contribution < -0.4 is 5.32 Å². The molecule has 3 rings (SSSR count). The molecule has 1 aliphatic carbocycles. The third-order valence-corrected chi connectivity index (χ3v) is 6.64. The molecule has 1 atom stereocenters. The third kappa shape index (κ3) is 6.34. The number of allylic oxidation sites excluding steroid dienone is 1. The summed E-state index contributed by atoms with van der Waals surface area (Å²) < 4.78 is 7.03. The van der Waals surface area contributed by atoms with Gasteiger partial charge in [0.25, 0.3) is 0 Å². The van der Waals surface area contributed by atoms with Crippen LogP contribution in [0.1, 0.15) is 77.2 Å². The Hall–Kier alpha value is -1.96. The number of esters is 1. The number of nitrogens with one attached hydrogen (secondary N) is 1. The lowest BCUT2D eigenvalue weighted by Crippen LogP contribution is -2.49. The van der Waals surface area contributed by atoms with Crippen molar-refractivity contribution in [1.29, 1.82) is 0 Å². The molecular weight excluding hydrogens is 461 g/mol. The maximum atomic E-state index is 12.1. The van der Waals surface area contributed by atoms with Gasteiger partial charge < -0.3 is 4.74 Å². The topological polar surface area (TPSA) is 81.9 Å². The van der Waals surface area contributed by atoms with Gasteiger partial charge in [-0.2, -0.15) is 0 Å². The lowest BCUT2D eigenvalue weighted by Gasteiger charge is -2.39. The molecule has 0 aliphatic heterocycles. The number of hydrogen-bond acceptors (Lipinski definition) is 6. The smallest absolute Gasteiger partial charge is 0.319 e. The predicted molar refractivity (Wildman–Crippen MR) is 131 cm³/mol. The van der Waals surface area contributed by atoms with Crippen molar-refractivity contribution in [3.8, 4) is 0 Å². The van der Waals surface area contributed by atoms with Crippen LogP contribution in [0, 0.1) is 5.41 Å². The zero-order valence-electron chi connectivity index (χ0n) is 19.8. The van der Waals surface area contributed by atoms with Crippen molar-refractivity contribution < 1.29 is 9.53 Å². The number of carbonyl (C=O) groups is 1. The molecule has 0 saturated heterocycles. The summed E-state index contributed by atoms with van der Waals surface area (Å²) in [6.45, 7) is 8.73. The van der Waals surface area contributed by atoms with E-state index >= 15 is 0 Å². The van der Waals surface area contributed by atoms with Crippen molar-refractivity contribution in [3.63, 3.8) is 0 Å². The van der Waals surface area contributed by atoms with Crippen LogP contribution in [0.2, 0.25) is 10.0 Å². The molecule has 0 spiro atoms. The van der Waals surface area contributed by atoms with Gasteiger partial charge in [-0.15, -0.1) is 5.10 Å². The van der Waals surface area contributed by atoms with E-state index < -0.39 is 5.54 Å². The van der Waals surface area contributed by atoms with Crippen molar-refractivity contribution in [2.24, 2.45) is 5.41 Å². The normalized spacial score (nSPS) is 17.3. The number of tetrazole rings is 1. The van der Waals surface area contributed by atoms with Gasteiger partial charge in [-0.05, 0) is 53.3 Å². The van der Waals surface area contributed by atoms with Crippen LogP contribution in [0.15, 0.2) is 24.3 Å². The minimum atomic E-state index is -0.482. The summed E-state index contributed by atoms with van der Waals surface area (Å²) in [6, 6.07) is 5.30. The first kappa shape index (κ1) is 25.7. The first-order valence-electron chi connectivity index (χ1n) is 11.5.